The van der Waals surface area contributed by atoms with Crippen LogP contribution >= 0.6 is 0 Å². The van der Waals surface area contributed by atoms with E-state index in [4.69, 9.17) is 13.3 Å². The Balaban J connectivity index is 2.82. The maximum absolute atomic E-state index is 12.3. The Morgan fingerprint density at radius 1 is 1.00 bits per heavy atom. The predicted octanol–water partition coefficient (Wildman–Crippen LogP) is 5.03. The Labute approximate surface area is 171 Å². The molecular weight excluding hydrogens is 370 g/mol. The number of benzene rings is 1. The lowest BCUT2D eigenvalue weighted by atomic mass is 10.0. The quantitative estimate of drug-likeness (QED) is 0.346. The molecule has 1 rings (SSSR count). The molecule has 5 nitrogen and oxygen atoms in total. The van der Waals surface area contributed by atoms with E-state index in [1.165, 1.54) is 5.56 Å². The van der Waals surface area contributed by atoms with Crippen molar-refractivity contribution < 1.29 is 18.1 Å². The second-order valence-corrected chi connectivity index (χ2v) is 9.50. The highest BCUT2D eigenvalue weighted by molar-refractivity contribution is 6.60. The van der Waals surface area contributed by atoms with Gasteiger partial charge in [-0.05, 0) is 59.9 Å². The number of carbonyl (C=O) groups excluding carboxylic acids is 1. The average Bonchev–Trinajstić information content (AvgIpc) is 2.66. The van der Waals surface area contributed by atoms with Crippen molar-refractivity contribution in [1.82, 2.24) is 5.32 Å². The van der Waals surface area contributed by atoms with Crippen LogP contribution in [0.4, 0.5) is 0 Å². The van der Waals surface area contributed by atoms with Crippen molar-refractivity contribution in [1.29, 1.82) is 0 Å². The molecule has 158 valence electrons. The summed E-state index contributed by atoms with van der Waals surface area (Å²) in [6, 6.07) is 11.1. The fourth-order valence-corrected chi connectivity index (χ4v) is 5.96. The molecule has 0 bridgehead atoms. The molecule has 1 N–H and O–H groups in total. The highest BCUT2D eigenvalue weighted by atomic mass is 28.4. The molecule has 0 fully saturated rings. The first kappa shape index (κ1) is 24.6. The second-order valence-electron chi connectivity index (χ2n) is 6.77. The Hall–Kier alpha value is -1.47. The molecule has 0 aliphatic rings. The van der Waals surface area contributed by atoms with Crippen LogP contribution in [-0.4, -0.2) is 34.4 Å². The molecule has 6 heteroatoms. The van der Waals surface area contributed by atoms with Crippen LogP contribution in [0.3, 0.4) is 0 Å². The molecule has 28 heavy (non-hydrogen) atoms. The lowest BCUT2D eigenvalue weighted by Gasteiger charge is -2.28. The number of ketones is 1. The zero-order chi connectivity index (χ0) is 21.0. The van der Waals surface area contributed by atoms with E-state index in [9.17, 15) is 4.79 Å². The van der Waals surface area contributed by atoms with Gasteiger partial charge in [-0.3, -0.25) is 4.79 Å². The number of hydrogen-bond acceptors (Lipinski definition) is 5. The lowest BCUT2D eigenvalue weighted by Crippen LogP contribution is -2.45. The van der Waals surface area contributed by atoms with Gasteiger partial charge in [-0.15, -0.1) is 0 Å². The largest absolute Gasteiger partial charge is 0.500 e. The molecule has 1 unspecified atom stereocenters. The third-order valence-corrected chi connectivity index (χ3v) is 7.76. The van der Waals surface area contributed by atoms with E-state index in [-0.39, 0.29) is 11.8 Å². The van der Waals surface area contributed by atoms with Crippen LogP contribution in [-0.2, 0) is 18.1 Å². The van der Waals surface area contributed by atoms with Crippen molar-refractivity contribution in [2.45, 2.75) is 66.5 Å². The molecule has 1 aromatic carbocycles. The molecule has 0 aromatic heterocycles. The molecule has 0 heterocycles. The molecule has 0 spiro atoms. The number of nitrogens with one attached hydrogen (secondary N) is 1. The van der Waals surface area contributed by atoms with Gasteiger partial charge in [0.2, 0.25) is 0 Å². The maximum atomic E-state index is 12.3. The summed E-state index contributed by atoms with van der Waals surface area (Å²) in [5.41, 5.74) is 2.95. The number of rotatable bonds is 14. The van der Waals surface area contributed by atoms with Crippen LogP contribution in [0.15, 0.2) is 41.6 Å². The monoisotopic (exact) mass is 407 g/mol. The van der Waals surface area contributed by atoms with E-state index in [2.05, 4.69) is 24.4 Å². The minimum Gasteiger partial charge on any atom is -0.382 e. The summed E-state index contributed by atoms with van der Waals surface area (Å²) < 4.78 is 17.7. The maximum Gasteiger partial charge on any atom is 0.500 e. The SMILES string of the molecule is CCO[Si](CCCC(C(C)=O)=C(C)NC(C)c1ccccc1)(OCC)OCC. The van der Waals surface area contributed by atoms with Gasteiger partial charge in [0.1, 0.15) is 0 Å². The highest BCUT2D eigenvalue weighted by Crippen LogP contribution is 2.23. The van der Waals surface area contributed by atoms with Crippen LogP contribution in [0, 0.1) is 0 Å². The average molecular weight is 408 g/mol. The highest BCUT2D eigenvalue weighted by Gasteiger charge is 2.39. The fraction of sp³-hybridized carbons (Fsp3) is 0.591. The molecule has 1 atom stereocenters. The van der Waals surface area contributed by atoms with Gasteiger partial charge in [-0.1, -0.05) is 30.3 Å². The molecule has 0 saturated carbocycles. The molecule has 1 aromatic rings. The molecule has 0 saturated heterocycles. The van der Waals surface area contributed by atoms with Crippen LogP contribution in [0.1, 0.15) is 66.0 Å². The van der Waals surface area contributed by atoms with Gasteiger partial charge in [-0.2, -0.15) is 0 Å². The van der Waals surface area contributed by atoms with Gasteiger partial charge in [0.15, 0.2) is 5.78 Å². The van der Waals surface area contributed by atoms with Gasteiger partial charge in [0.05, 0.1) is 0 Å². The van der Waals surface area contributed by atoms with Gasteiger partial charge < -0.3 is 18.6 Å². The Bertz CT molecular complexity index is 601. The minimum absolute atomic E-state index is 0.0989. The zero-order valence-electron chi connectivity index (χ0n) is 18.3. The first-order valence-corrected chi connectivity index (χ1v) is 12.3. The summed E-state index contributed by atoms with van der Waals surface area (Å²) in [6.45, 7) is 13.3. The van der Waals surface area contributed by atoms with Crippen molar-refractivity contribution >= 4 is 14.6 Å². The summed E-state index contributed by atoms with van der Waals surface area (Å²) in [5.74, 6) is 0.0989. The van der Waals surface area contributed by atoms with Crippen molar-refractivity contribution in [3.05, 3.63) is 47.2 Å². The smallest absolute Gasteiger partial charge is 0.382 e. The van der Waals surface area contributed by atoms with Gasteiger partial charge in [0, 0.05) is 43.2 Å². The van der Waals surface area contributed by atoms with E-state index < -0.39 is 8.80 Å². The van der Waals surface area contributed by atoms with Gasteiger partial charge in [-0.25, -0.2) is 0 Å². The topological polar surface area (TPSA) is 56.8 Å². The molecule has 0 amide bonds. The Morgan fingerprint density at radius 2 is 1.54 bits per heavy atom. The third kappa shape index (κ3) is 7.87. The van der Waals surface area contributed by atoms with Crippen LogP contribution in [0.2, 0.25) is 6.04 Å². The summed E-state index contributed by atoms with van der Waals surface area (Å²) >= 11 is 0. The number of hydrogen-bond donors (Lipinski definition) is 1. The van der Waals surface area contributed by atoms with E-state index in [1.807, 2.05) is 45.9 Å². The first-order chi connectivity index (χ1) is 13.4. The molecule has 0 aliphatic carbocycles. The van der Waals surface area contributed by atoms with Crippen LogP contribution < -0.4 is 5.32 Å². The molecule has 0 radical (unpaired) electrons. The van der Waals surface area contributed by atoms with Gasteiger partial charge in [0.25, 0.3) is 0 Å². The third-order valence-electron chi connectivity index (χ3n) is 4.61. The van der Waals surface area contributed by atoms with Crippen LogP contribution in [0.5, 0.6) is 0 Å². The minimum atomic E-state index is -2.67. The number of carbonyl (C=O) groups is 1. The lowest BCUT2D eigenvalue weighted by molar-refractivity contribution is -0.113. The van der Waals surface area contributed by atoms with E-state index in [1.54, 1.807) is 6.92 Å². The molecular formula is C22H37NO4Si. The summed E-state index contributed by atoms with van der Waals surface area (Å²) in [7, 11) is -2.67. The van der Waals surface area contributed by atoms with E-state index in [0.29, 0.717) is 32.3 Å². The van der Waals surface area contributed by atoms with Crippen molar-refractivity contribution in [2.75, 3.05) is 19.8 Å². The standard InChI is InChI=1S/C22H37NO4Si/c1-7-25-28(26-8-2,27-9-3)17-13-16-22(20(6)24)19(5)23-18(4)21-14-11-10-12-15-21/h10-12,14-15,18,23H,7-9,13,16-17H2,1-6H3. The normalized spacial score (nSPS) is 13.8. The zero-order valence-corrected chi connectivity index (χ0v) is 19.3. The fourth-order valence-electron chi connectivity index (χ4n) is 3.35. The Kier molecular flexibility index (Phi) is 11.3. The van der Waals surface area contributed by atoms with Crippen molar-refractivity contribution in [3.8, 4) is 0 Å². The first-order valence-electron chi connectivity index (χ1n) is 10.3. The van der Waals surface area contributed by atoms with Crippen LogP contribution in [0.25, 0.3) is 0 Å². The number of Topliss-reactive ketones (excluding diaryl/α,β-unsaturated/α-hetero) is 1. The second kappa shape index (κ2) is 12.9. The predicted molar refractivity (Wildman–Crippen MR) is 116 cm³/mol. The summed E-state index contributed by atoms with van der Waals surface area (Å²) in [6.07, 6.45) is 1.47. The summed E-state index contributed by atoms with van der Waals surface area (Å²) in [5, 5.41) is 3.48. The summed E-state index contributed by atoms with van der Waals surface area (Å²) in [4.78, 5) is 12.3. The molecule has 0 aliphatic heterocycles. The van der Waals surface area contributed by atoms with Gasteiger partial charge >= 0.3 is 8.80 Å². The van der Waals surface area contributed by atoms with Crippen molar-refractivity contribution in [2.24, 2.45) is 0 Å². The van der Waals surface area contributed by atoms with E-state index >= 15 is 0 Å². The van der Waals surface area contributed by atoms with E-state index in [0.717, 1.165) is 17.7 Å². The Morgan fingerprint density at radius 3 is 2.00 bits per heavy atom. The number of allylic oxidation sites excluding steroid dienone is 2. The van der Waals surface area contributed by atoms with Crippen molar-refractivity contribution in [3.63, 3.8) is 0 Å².